The molecule has 1 unspecified atom stereocenters. The van der Waals surface area contributed by atoms with Crippen LogP contribution in [0.3, 0.4) is 0 Å². The SMILES string of the molecule is Cc1[nH]c(=O)n(-c2cnc(Oc3ccc4c(c3)C(C3CC3)OC4)nc2)c1O. The van der Waals surface area contributed by atoms with Crippen molar-refractivity contribution in [2.45, 2.75) is 32.5 Å². The molecule has 8 nitrogen and oxygen atoms in total. The number of H-pyrrole nitrogens is 1. The zero-order valence-corrected chi connectivity index (χ0v) is 14.7. The van der Waals surface area contributed by atoms with Gasteiger partial charge >= 0.3 is 11.7 Å². The molecule has 0 amide bonds. The molecule has 1 atom stereocenters. The first-order valence-corrected chi connectivity index (χ1v) is 8.85. The van der Waals surface area contributed by atoms with E-state index < -0.39 is 5.69 Å². The van der Waals surface area contributed by atoms with Crippen LogP contribution in [-0.4, -0.2) is 24.6 Å². The van der Waals surface area contributed by atoms with Crippen LogP contribution in [0.2, 0.25) is 0 Å². The summed E-state index contributed by atoms with van der Waals surface area (Å²) in [4.78, 5) is 22.7. The van der Waals surface area contributed by atoms with E-state index in [1.807, 2.05) is 18.2 Å². The van der Waals surface area contributed by atoms with E-state index in [-0.39, 0.29) is 18.0 Å². The fraction of sp³-hybridized carbons (Fsp3) is 0.316. The van der Waals surface area contributed by atoms with Crippen molar-refractivity contribution in [3.05, 3.63) is 57.9 Å². The highest BCUT2D eigenvalue weighted by molar-refractivity contribution is 5.41. The van der Waals surface area contributed by atoms with Crippen molar-refractivity contribution in [2.24, 2.45) is 5.92 Å². The van der Waals surface area contributed by atoms with Gasteiger partial charge in [0, 0.05) is 0 Å². The topological polar surface area (TPSA) is 102 Å². The van der Waals surface area contributed by atoms with E-state index >= 15 is 0 Å². The predicted molar refractivity (Wildman–Crippen MR) is 95.2 cm³/mol. The highest BCUT2D eigenvalue weighted by Crippen LogP contribution is 2.48. The zero-order chi connectivity index (χ0) is 18.5. The highest BCUT2D eigenvalue weighted by Gasteiger charge is 2.37. The molecule has 1 fully saturated rings. The monoisotopic (exact) mass is 366 g/mol. The number of hydrogen-bond acceptors (Lipinski definition) is 6. The number of aryl methyl sites for hydroxylation is 1. The minimum absolute atomic E-state index is 0.165. The summed E-state index contributed by atoms with van der Waals surface area (Å²) in [5.41, 5.74) is 2.67. The number of fused-ring (bicyclic) bond motifs is 1. The van der Waals surface area contributed by atoms with E-state index in [0.717, 1.165) is 4.57 Å². The molecule has 2 N–H and O–H groups in total. The third-order valence-electron chi connectivity index (χ3n) is 5.02. The molecule has 1 saturated carbocycles. The van der Waals surface area contributed by atoms with E-state index in [4.69, 9.17) is 9.47 Å². The van der Waals surface area contributed by atoms with E-state index in [9.17, 15) is 9.90 Å². The molecule has 27 heavy (non-hydrogen) atoms. The van der Waals surface area contributed by atoms with E-state index in [2.05, 4.69) is 15.0 Å². The molecule has 0 spiro atoms. The predicted octanol–water partition coefficient (Wildman–Crippen LogP) is 2.74. The van der Waals surface area contributed by atoms with Crippen LogP contribution in [0.4, 0.5) is 0 Å². The molecule has 0 saturated heterocycles. The van der Waals surface area contributed by atoms with Crippen molar-refractivity contribution in [1.82, 2.24) is 19.5 Å². The highest BCUT2D eigenvalue weighted by atomic mass is 16.5. The molecular formula is C19H18N4O4. The second kappa shape index (κ2) is 5.95. The second-order valence-electron chi connectivity index (χ2n) is 6.97. The van der Waals surface area contributed by atoms with Gasteiger partial charge in [0.25, 0.3) is 0 Å². The van der Waals surface area contributed by atoms with Crippen LogP contribution in [0.1, 0.15) is 35.8 Å². The lowest BCUT2D eigenvalue weighted by Gasteiger charge is -2.11. The maximum Gasteiger partial charge on any atom is 0.333 e. The molecule has 2 aliphatic rings. The van der Waals surface area contributed by atoms with Crippen molar-refractivity contribution in [2.75, 3.05) is 0 Å². The Kier molecular flexibility index (Phi) is 3.54. The van der Waals surface area contributed by atoms with Crippen molar-refractivity contribution in [3.63, 3.8) is 0 Å². The Morgan fingerprint density at radius 2 is 2.07 bits per heavy atom. The van der Waals surface area contributed by atoms with Crippen LogP contribution in [-0.2, 0) is 11.3 Å². The van der Waals surface area contributed by atoms with Gasteiger partial charge in [0.1, 0.15) is 5.75 Å². The maximum absolute atomic E-state index is 11.9. The molecule has 138 valence electrons. The molecule has 1 aromatic carbocycles. The average molecular weight is 366 g/mol. The zero-order valence-electron chi connectivity index (χ0n) is 14.7. The first kappa shape index (κ1) is 16.1. The van der Waals surface area contributed by atoms with Crippen LogP contribution in [0, 0.1) is 12.8 Å². The molecular weight excluding hydrogens is 348 g/mol. The van der Waals surface area contributed by atoms with Gasteiger partial charge in [0.2, 0.25) is 5.88 Å². The average Bonchev–Trinajstić information content (AvgIpc) is 3.36. The largest absolute Gasteiger partial charge is 0.493 e. The summed E-state index contributed by atoms with van der Waals surface area (Å²) in [6.45, 7) is 2.26. The standard InChI is InChI=1S/C19H18N4O4/c1-10-17(24)23(19(25)22-10)13-7-20-18(21-8-13)27-14-5-4-12-9-26-16(11-2-3-11)15(12)6-14/h4-8,11,16,24H,2-3,9H2,1H3,(H,22,25). The minimum Gasteiger partial charge on any atom is -0.493 e. The molecule has 1 aliphatic heterocycles. The molecule has 5 rings (SSSR count). The van der Waals surface area contributed by atoms with Gasteiger partial charge in [-0.3, -0.25) is 0 Å². The van der Waals surface area contributed by atoms with Crippen LogP contribution < -0.4 is 10.4 Å². The number of benzene rings is 1. The van der Waals surface area contributed by atoms with Crippen LogP contribution >= 0.6 is 0 Å². The quantitative estimate of drug-likeness (QED) is 0.736. The summed E-state index contributed by atoms with van der Waals surface area (Å²) in [7, 11) is 0. The van der Waals surface area contributed by atoms with Crippen molar-refractivity contribution in [1.29, 1.82) is 0 Å². The lowest BCUT2D eigenvalue weighted by atomic mass is 10.0. The molecule has 1 aliphatic carbocycles. The van der Waals surface area contributed by atoms with Crippen molar-refractivity contribution in [3.8, 4) is 23.3 Å². The first-order valence-electron chi connectivity index (χ1n) is 8.85. The molecule has 0 bridgehead atoms. The summed E-state index contributed by atoms with van der Waals surface area (Å²) in [6.07, 6.45) is 5.45. The number of aromatic amines is 1. The summed E-state index contributed by atoms with van der Waals surface area (Å²) in [6, 6.07) is 6.05. The number of nitrogens with one attached hydrogen (secondary N) is 1. The summed E-state index contributed by atoms with van der Waals surface area (Å²) >= 11 is 0. The molecule has 3 aromatic rings. The molecule has 0 radical (unpaired) electrons. The Hall–Kier alpha value is -3.13. The molecule has 8 heteroatoms. The van der Waals surface area contributed by atoms with Crippen molar-refractivity contribution >= 4 is 0 Å². The normalized spacial score (nSPS) is 18.5. The lowest BCUT2D eigenvalue weighted by molar-refractivity contribution is 0.0506. The van der Waals surface area contributed by atoms with Gasteiger partial charge in [-0.25, -0.2) is 19.3 Å². The van der Waals surface area contributed by atoms with Gasteiger partial charge in [-0.15, -0.1) is 0 Å². The van der Waals surface area contributed by atoms with Gasteiger partial charge in [-0.1, -0.05) is 6.07 Å². The lowest BCUT2D eigenvalue weighted by Crippen LogP contribution is -2.15. The summed E-state index contributed by atoms with van der Waals surface area (Å²) in [5.74, 6) is 1.10. The maximum atomic E-state index is 11.9. The molecule has 2 aromatic heterocycles. The number of aromatic nitrogens is 4. The number of hydrogen-bond donors (Lipinski definition) is 2. The number of imidazole rings is 1. The Morgan fingerprint density at radius 1 is 1.30 bits per heavy atom. The van der Waals surface area contributed by atoms with Crippen LogP contribution in [0.25, 0.3) is 5.69 Å². The fourth-order valence-corrected chi connectivity index (χ4v) is 3.45. The van der Waals surface area contributed by atoms with Crippen molar-refractivity contribution < 1.29 is 14.6 Å². The van der Waals surface area contributed by atoms with E-state index in [0.29, 0.717) is 29.7 Å². The summed E-state index contributed by atoms with van der Waals surface area (Å²) in [5, 5.41) is 9.97. The van der Waals surface area contributed by atoms with Gasteiger partial charge in [-0.05, 0) is 48.9 Å². The Labute approximate surface area is 154 Å². The van der Waals surface area contributed by atoms with Crippen LogP contribution in [0.15, 0.2) is 35.4 Å². The van der Waals surface area contributed by atoms with Gasteiger partial charge < -0.3 is 19.6 Å². The smallest absolute Gasteiger partial charge is 0.333 e. The van der Waals surface area contributed by atoms with Gasteiger partial charge in [0.05, 0.1) is 36.5 Å². The molecule has 3 heterocycles. The minimum atomic E-state index is -0.452. The Morgan fingerprint density at radius 3 is 2.74 bits per heavy atom. The number of ether oxygens (including phenoxy) is 2. The second-order valence-corrected chi connectivity index (χ2v) is 6.97. The number of nitrogens with zero attached hydrogens (tertiary/aromatic N) is 3. The third-order valence-corrected chi connectivity index (χ3v) is 5.02. The first-order chi connectivity index (χ1) is 13.1. The Bertz CT molecular complexity index is 1070. The third kappa shape index (κ3) is 2.78. The van der Waals surface area contributed by atoms with E-state index in [1.165, 1.54) is 36.4 Å². The summed E-state index contributed by atoms with van der Waals surface area (Å²) < 4.78 is 12.8. The number of rotatable bonds is 4. The van der Waals surface area contributed by atoms with Crippen LogP contribution in [0.5, 0.6) is 17.6 Å². The Balaban J connectivity index is 1.39. The fourth-order valence-electron chi connectivity index (χ4n) is 3.45. The van der Waals surface area contributed by atoms with Gasteiger partial charge in [0.15, 0.2) is 0 Å². The van der Waals surface area contributed by atoms with E-state index in [1.54, 1.807) is 6.92 Å². The van der Waals surface area contributed by atoms with Gasteiger partial charge in [-0.2, -0.15) is 0 Å². The number of aromatic hydroxyl groups is 1.